The molecule has 2 aliphatic carbocycles. The molecular formula is C11H19N3O2. The first-order valence-corrected chi connectivity index (χ1v) is 5.93. The van der Waals surface area contributed by atoms with Crippen molar-refractivity contribution in [3.05, 3.63) is 0 Å². The average molecular weight is 225 g/mol. The highest BCUT2D eigenvalue weighted by Gasteiger charge is 2.50. The number of hydrogen-bond acceptors (Lipinski definition) is 3. The fourth-order valence-electron chi connectivity index (χ4n) is 2.41. The number of nitrogens with two attached hydrogens (primary N) is 1. The second kappa shape index (κ2) is 3.96. The molecule has 2 fully saturated rings. The van der Waals surface area contributed by atoms with Crippen LogP contribution in [0.3, 0.4) is 0 Å². The Balaban J connectivity index is 1.97. The van der Waals surface area contributed by atoms with Crippen molar-refractivity contribution < 1.29 is 10.0 Å². The van der Waals surface area contributed by atoms with Gasteiger partial charge in [-0.3, -0.25) is 4.79 Å². The molecule has 5 nitrogen and oxygen atoms in total. The van der Waals surface area contributed by atoms with Gasteiger partial charge >= 0.3 is 0 Å². The van der Waals surface area contributed by atoms with E-state index in [0.29, 0.717) is 24.8 Å². The summed E-state index contributed by atoms with van der Waals surface area (Å²) < 4.78 is 0. The summed E-state index contributed by atoms with van der Waals surface area (Å²) in [4.78, 5) is 12.1. The van der Waals surface area contributed by atoms with Crippen LogP contribution in [0.2, 0.25) is 0 Å². The number of nitrogens with one attached hydrogen (secondary N) is 1. The number of oxime groups is 1. The van der Waals surface area contributed by atoms with Crippen LogP contribution >= 0.6 is 0 Å². The lowest BCUT2D eigenvalue weighted by molar-refractivity contribution is -0.131. The third kappa shape index (κ3) is 1.64. The quantitative estimate of drug-likeness (QED) is 0.286. The van der Waals surface area contributed by atoms with Crippen molar-refractivity contribution >= 4 is 11.7 Å². The monoisotopic (exact) mass is 225 g/mol. The van der Waals surface area contributed by atoms with E-state index in [2.05, 4.69) is 17.4 Å². The number of carbonyl (C=O) groups excluding carboxylic acids is 1. The highest BCUT2D eigenvalue weighted by atomic mass is 16.4. The lowest BCUT2D eigenvalue weighted by atomic mass is 9.67. The van der Waals surface area contributed by atoms with Gasteiger partial charge in [0.15, 0.2) is 5.84 Å². The van der Waals surface area contributed by atoms with Crippen LogP contribution in [-0.4, -0.2) is 23.0 Å². The van der Waals surface area contributed by atoms with E-state index in [1.807, 2.05) is 0 Å². The van der Waals surface area contributed by atoms with Crippen LogP contribution in [0.5, 0.6) is 0 Å². The zero-order chi connectivity index (χ0) is 11.8. The molecule has 2 saturated carbocycles. The minimum absolute atomic E-state index is 0.0601. The van der Waals surface area contributed by atoms with Gasteiger partial charge in [-0.05, 0) is 25.2 Å². The standard InChI is InChI=1S/C11H19N3O2/c1-2-7-6-8(7)13-10(15)11(4-3-5-11)9(12)14-16/h7-8,16H,2-6H2,1H3,(H2,12,14)(H,13,15). The number of carbonyl (C=O) groups is 1. The third-order valence-corrected chi connectivity index (χ3v) is 4.00. The first-order valence-electron chi connectivity index (χ1n) is 5.93. The highest BCUT2D eigenvalue weighted by molar-refractivity contribution is 6.07. The predicted octanol–water partition coefficient (Wildman–Crippen LogP) is 0.818. The second-order valence-electron chi connectivity index (χ2n) is 4.90. The van der Waals surface area contributed by atoms with Crippen LogP contribution in [0.15, 0.2) is 5.16 Å². The van der Waals surface area contributed by atoms with E-state index in [0.717, 1.165) is 19.3 Å². The molecule has 0 radical (unpaired) electrons. The van der Waals surface area contributed by atoms with Crippen molar-refractivity contribution in [1.29, 1.82) is 0 Å². The van der Waals surface area contributed by atoms with E-state index >= 15 is 0 Å². The Bertz CT molecular complexity index is 323. The van der Waals surface area contributed by atoms with Gasteiger partial charge in [0.05, 0.1) is 0 Å². The zero-order valence-electron chi connectivity index (χ0n) is 9.57. The van der Waals surface area contributed by atoms with Crippen LogP contribution in [0, 0.1) is 11.3 Å². The van der Waals surface area contributed by atoms with E-state index < -0.39 is 5.41 Å². The molecule has 0 aromatic rings. The molecule has 2 atom stereocenters. The second-order valence-corrected chi connectivity index (χ2v) is 4.90. The van der Waals surface area contributed by atoms with E-state index in [-0.39, 0.29) is 11.7 Å². The van der Waals surface area contributed by atoms with E-state index in [9.17, 15) is 4.79 Å². The molecular weight excluding hydrogens is 206 g/mol. The number of hydrogen-bond donors (Lipinski definition) is 3. The summed E-state index contributed by atoms with van der Waals surface area (Å²) in [6.45, 7) is 2.12. The summed E-state index contributed by atoms with van der Waals surface area (Å²) in [6, 6.07) is 0.307. The molecule has 1 amide bonds. The van der Waals surface area contributed by atoms with Crippen LogP contribution in [0.1, 0.15) is 39.0 Å². The molecule has 0 aliphatic heterocycles. The smallest absolute Gasteiger partial charge is 0.234 e. The van der Waals surface area contributed by atoms with Crippen molar-refractivity contribution in [3.8, 4) is 0 Å². The maximum absolute atomic E-state index is 12.1. The van der Waals surface area contributed by atoms with Crippen molar-refractivity contribution in [2.45, 2.75) is 45.1 Å². The maximum Gasteiger partial charge on any atom is 0.234 e. The Morgan fingerprint density at radius 1 is 1.62 bits per heavy atom. The van der Waals surface area contributed by atoms with Crippen molar-refractivity contribution in [2.75, 3.05) is 0 Å². The van der Waals surface area contributed by atoms with Crippen molar-refractivity contribution in [3.63, 3.8) is 0 Å². The fourth-order valence-corrected chi connectivity index (χ4v) is 2.41. The van der Waals surface area contributed by atoms with E-state index in [4.69, 9.17) is 10.9 Å². The van der Waals surface area contributed by atoms with Gasteiger partial charge < -0.3 is 16.3 Å². The Kier molecular flexibility index (Phi) is 2.78. The minimum atomic E-state index is -0.727. The van der Waals surface area contributed by atoms with Gasteiger partial charge in [0.25, 0.3) is 0 Å². The highest BCUT2D eigenvalue weighted by Crippen LogP contribution is 2.43. The maximum atomic E-state index is 12.1. The van der Waals surface area contributed by atoms with E-state index in [1.165, 1.54) is 0 Å². The lowest BCUT2D eigenvalue weighted by Gasteiger charge is -2.38. The van der Waals surface area contributed by atoms with Gasteiger partial charge in [0.1, 0.15) is 5.41 Å². The summed E-state index contributed by atoms with van der Waals surface area (Å²) in [5.74, 6) is 0.619. The normalized spacial score (nSPS) is 31.7. The lowest BCUT2D eigenvalue weighted by Crippen LogP contribution is -2.54. The molecule has 2 rings (SSSR count). The molecule has 0 aromatic heterocycles. The Hall–Kier alpha value is -1.26. The number of amidine groups is 1. The van der Waals surface area contributed by atoms with Gasteiger partial charge in [0.2, 0.25) is 5.91 Å². The summed E-state index contributed by atoms with van der Waals surface area (Å²) in [7, 11) is 0. The molecule has 0 bridgehead atoms. The Morgan fingerprint density at radius 3 is 2.69 bits per heavy atom. The van der Waals surface area contributed by atoms with Crippen molar-refractivity contribution in [2.24, 2.45) is 22.2 Å². The van der Waals surface area contributed by atoms with Gasteiger partial charge in [0, 0.05) is 6.04 Å². The van der Waals surface area contributed by atoms with Crippen LogP contribution in [0.25, 0.3) is 0 Å². The van der Waals surface area contributed by atoms with Crippen LogP contribution in [0.4, 0.5) is 0 Å². The summed E-state index contributed by atoms with van der Waals surface area (Å²) in [6.07, 6.45) is 4.51. The molecule has 16 heavy (non-hydrogen) atoms. The molecule has 4 N–H and O–H groups in total. The average Bonchev–Trinajstić information content (AvgIpc) is 2.94. The molecule has 0 heterocycles. The van der Waals surface area contributed by atoms with Crippen molar-refractivity contribution in [1.82, 2.24) is 5.32 Å². The predicted molar refractivity (Wildman–Crippen MR) is 60.0 cm³/mol. The summed E-state index contributed by atoms with van der Waals surface area (Å²) >= 11 is 0. The summed E-state index contributed by atoms with van der Waals surface area (Å²) in [5.41, 5.74) is 4.89. The minimum Gasteiger partial charge on any atom is -0.409 e. The topological polar surface area (TPSA) is 87.7 Å². The number of rotatable bonds is 4. The molecule has 0 saturated heterocycles. The molecule has 2 aliphatic rings. The van der Waals surface area contributed by atoms with Gasteiger partial charge in [-0.25, -0.2) is 0 Å². The fraction of sp³-hybridized carbons (Fsp3) is 0.818. The molecule has 90 valence electrons. The molecule has 0 spiro atoms. The molecule has 5 heteroatoms. The largest absolute Gasteiger partial charge is 0.409 e. The van der Waals surface area contributed by atoms with Gasteiger partial charge in [-0.1, -0.05) is 24.9 Å². The van der Waals surface area contributed by atoms with Crippen LogP contribution in [-0.2, 0) is 4.79 Å². The first-order chi connectivity index (χ1) is 7.64. The van der Waals surface area contributed by atoms with Gasteiger partial charge in [-0.15, -0.1) is 0 Å². The van der Waals surface area contributed by atoms with E-state index in [1.54, 1.807) is 0 Å². The zero-order valence-corrected chi connectivity index (χ0v) is 9.57. The SMILES string of the molecule is CCC1CC1NC(=O)C1(C(N)=NO)CCC1. The Labute approximate surface area is 95.1 Å². The Morgan fingerprint density at radius 2 is 2.31 bits per heavy atom. The summed E-state index contributed by atoms with van der Waals surface area (Å²) in [5, 5.41) is 14.7. The molecule has 0 aromatic carbocycles. The third-order valence-electron chi connectivity index (χ3n) is 4.00. The molecule has 2 unspecified atom stereocenters. The first kappa shape index (κ1) is 11.2. The van der Waals surface area contributed by atoms with Crippen LogP contribution < -0.4 is 11.1 Å². The number of nitrogens with zero attached hydrogens (tertiary/aromatic N) is 1. The van der Waals surface area contributed by atoms with Gasteiger partial charge in [-0.2, -0.15) is 0 Å². The number of amides is 1.